The van der Waals surface area contributed by atoms with Crippen LogP contribution in [0, 0.1) is 0 Å². The average Bonchev–Trinajstić information content (AvgIpc) is 3.31. The Balaban J connectivity index is 1.30. The minimum Gasteiger partial charge on any atom is -0.352 e. The molecule has 24 heavy (non-hydrogen) atoms. The van der Waals surface area contributed by atoms with Crippen LogP contribution in [-0.2, 0) is 11.3 Å². The van der Waals surface area contributed by atoms with Gasteiger partial charge in [0.05, 0.1) is 11.7 Å². The monoisotopic (exact) mass is 327 g/mol. The van der Waals surface area contributed by atoms with E-state index in [4.69, 9.17) is 0 Å². The third-order valence-corrected chi connectivity index (χ3v) is 5.06. The van der Waals surface area contributed by atoms with Crippen molar-refractivity contribution in [2.75, 3.05) is 26.2 Å². The third-order valence-electron chi connectivity index (χ3n) is 5.06. The third kappa shape index (κ3) is 3.44. The number of pyridine rings is 1. The topological polar surface area (TPSA) is 52.9 Å². The Bertz CT molecular complexity index is 682. The molecule has 1 N–H and O–H groups in total. The number of hydrogen-bond acceptors (Lipinski definition) is 4. The Morgan fingerprint density at radius 1 is 1.29 bits per heavy atom. The Hall–Kier alpha value is -1.92. The molecule has 1 unspecified atom stereocenters. The van der Waals surface area contributed by atoms with Gasteiger partial charge in [0, 0.05) is 51.2 Å². The maximum atomic E-state index is 12.2. The second-order valence-corrected chi connectivity index (χ2v) is 6.97. The molecule has 2 fully saturated rings. The van der Waals surface area contributed by atoms with Gasteiger partial charge in [-0.15, -0.1) is 0 Å². The van der Waals surface area contributed by atoms with Crippen molar-refractivity contribution >= 4 is 11.6 Å². The lowest BCUT2D eigenvalue weighted by atomic mass is 10.2. The molecule has 0 bridgehead atoms. The fraction of sp³-hybridized carbons (Fsp3) is 0.556. The van der Waals surface area contributed by atoms with Crippen LogP contribution in [0.3, 0.4) is 0 Å². The zero-order valence-electron chi connectivity index (χ0n) is 14.2. The highest BCUT2D eigenvalue weighted by molar-refractivity contribution is 5.81. The van der Waals surface area contributed by atoms with Crippen molar-refractivity contribution in [3.8, 4) is 0 Å². The van der Waals surface area contributed by atoms with Crippen LogP contribution in [-0.4, -0.2) is 63.4 Å². The molecule has 2 aromatic heterocycles. The summed E-state index contributed by atoms with van der Waals surface area (Å²) in [5.41, 5.74) is 2.10. The van der Waals surface area contributed by atoms with Crippen molar-refractivity contribution in [1.82, 2.24) is 24.5 Å². The lowest BCUT2D eigenvalue weighted by Gasteiger charge is -2.37. The summed E-state index contributed by atoms with van der Waals surface area (Å²) in [7, 11) is 0. The predicted molar refractivity (Wildman–Crippen MR) is 92.7 cm³/mol. The number of nitrogens with zero attached hydrogens (tertiary/aromatic N) is 4. The number of carbonyl (C=O) groups excluding carboxylic acids is 1. The highest BCUT2D eigenvalue weighted by Gasteiger charge is 2.30. The summed E-state index contributed by atoms with van der Waals surface area (Å²) in [6.07, 6.45) is 6.42. The molecule has 6 heteroatoms. The summed E-state index contributed by atoms with van der Waals surface area (Å²) in [5, 5.41) is 3.11. The van der Waals surface area contributed by atoms with Crippen LogP contribution in [0.1, 0.15) is 25.5 Å². The highest BCUT2D eigenvalue weighted by atomic mass is 16.2. The molecule has 128 valence electrons. The summed E-state index contributed by atoms with van der Waals surface area (Å²) < 4.78 is 2.07. The fourth-order valence-corrected chi connectivity index (χ4v) is 3.32. The number of imidazole rings is 1. The van der Waals surface area contributed by atoms with Crippen LogP contribution in [0.5, 0.6) is 0 Å². The standard InChI is InChI=1S/C18H25N5O/c1-14(18(24)20-15-5-6-15)22-10-8-21(9-11-22)12-16-13-23-7-3-2-4-17(23)19-16/h2-4,7,13-15H,5-6,8-12H2,1H3,(H,20,24). The van der Waals surface area contributed by atoms with Crippen molar-refractivity contribution in [2.45, 2.75) is 38.4 Å². The van der Waals surface area contributed by atoms with Crippen molar-refractivity contribution in [3.63, 3.8) is 0 Å². The number of fused-ring (bicyclic) bond motifs is 1. The summed E-state index contributed by atoms with van der Waals surface area (Å²) in [4.78, 5) is 21.6. The molecule has 2 aliphatic rings. The number of rotatable bonds is 5. The molecule has 1 saturated carbocycles. The Morgan fingerprint density at radius 3 is 2.79 bits per heavy atom. The van der Waals surface area contributed by atoms with Gasteiger partial charge in [-0.1, -0.05) is 6.07 Å². The largest absolute Gasteiger partial charge is 0.352 e. The van der Waals surface area contributed by atoms with Gasteiger partial charge in [0.1, 0.15) is 5.65 Å². The molecule has 1 saturated heterocycles. The Kier molecular flexibility index (Phi) is 4.24. The normalized spacial score (nSPS) is 21.0. The van der Waals surface area contributed by atoms with Crippen LogP contribution in [0.25, 0.3) is 5.65 Å². The second kappa shape index (κ2) is 6.53. The number of piperazine rings is 1. The Morgan fingerprint density at radius 2 is 2.08 bits per heavy atom. The first-order valence-electron chi connectivity index (χ1n) is 8.88. The van der Waals surface area contributed by atoms with Gasteiger partial charge >= 0.3 is 0 Å². The van der Waals surface area contributed by atoms with E-state index in [1.54, 1.807) is 0 Å². The van der Waals surface area contributed by atoms with Gasteiger partial charge in [0.2, 0.25) is 5.91 Å². The maximum absolute atomic E-state index is 12.2. The molecule has 1 aliphatic carbocycles. The molecule has 6 nitrogen and oxygen atoms in total. The summed E-state index contributed by atoms with van der Waals surface area (Å²) in [6, 6.07) is 6.48. The SMILES string of the molecule is CC(C(=O)NC1CC1)N1CCN(Cc2cn3ccccc3n2)CC1. The Labute approximate surface area is 142 Å². The van der Waals surface area contributed by atoms with Crippen LogP contribution >= 0.6 is 0 Å². The number of aromatic nitrogens is 2. The smallest absolute Gasteiger partial charge is 0.237 e. The van der Waals surface area contributed by atoms with Crippen LogP contribution < -0.4 is 5.32 Å². The van der Waals surface area contributed by atoms with E-state index in [9.17, 15) is 4.79 Å². The average molecular weight is 327 g/mol. The summed E-state index contributed by atoms with van der Waals surface area (Å²) >= 11 is 0. The van der Waals surface area contributed by atoms with E-state index in [0.717, 1.165) is 56.9 Å². The highest BCUT2D eigenvalue weighted by Crippen LogP contribution is 2.19. The van der Waals surface area contributed by atoms with Gasteiger partial charge < -0.3 is 9.72 Å². The van der Waals surface area contributed by atoms with E-state index in [0.29, 0.717) is 6.04 Å². The number of carbonyl (C=O) groups is 1. The molecule has 3 heterocycles. The summed E-state index contributed by atoms with van der Waals surface area (Å²) in [6.45, 7) is 6.73. The van der Waals surface area contributed by atoms with E-state index in [-0.39, 0.29) is 11.9 Å². The van der Waals surface area contributed by atoms with Crippen LogP contribution in [0.15, 0.2) is 30.6 Å². The van der Waals surface area contributed by atoms with Gasteiger partial charge in [-0.05, 0) is 31.9 Å². The van der Waals surface area contributed by atoms with E-state index in [1.807, 2.05) is 31.3 Å². The molecule has 0 aromatic carbocycles. The van der Waals surface area contributed by atoms with E-state index < -0.39 is 0 Å². The number of nitrogens with one attached hydrogen (secondary N) is 1. The van der Waals surface area contributed by atoms with Gasteiger partial charge in [-0.3, -0.25) is 14.6 Å². The van der Waals surface area contributed by atoms with Crippen molar-refractivity contribution in [2.24, 2.45) is 0 Å². The van der Waals surface area contributed by atoms with E-state index >= 15 is 0 Å². The molecule has 0 radical (unpaired) electrons. The number of amides is 1. The minimum atomic E-state index is -0.0251. The molecule has 1 aliphatic heterocycles. The maximum Gasteiger partial charge on any atom is 0.237 e. The van der Waals surface area contributed by atoms with Crippen molar-refractivity contribution in [1.29, 1.82) is 0 Å². The van der Waals surface area contributed by atoms with Gasteiger partial charge in [0.25, 0.3) is 0 Å². The zero-order chi connectivity index (χ0) is 16.5. The molecule has 1 atom stereocenters. The van der Waals surface area contributed by atoms with Crippen LogP contribution in [0.4, 0.5) is 0 Å². The molecular weight excluding hydrogens is 302 g/mol. The molecule has 1 amide bonds. The van der Waals surface area contributed by atoms with Crippen molar-refractivity contribution < 1.29 is 4.79 Å². The quantitative estimate of drug-likeness (QED) is 0.894. The van der Waals surface area contributed by atoms with Gasteiger partial charge in [0.15, 0.2) is 0 Å². The first-order chi connectivity index (χ1) is 11.7. The summed E-state index contributed by atoms with van der Waals surface area (Å²) in [5.74, 6) is 0.186. The van der Waals surface area contributed by atoms with Crippen LogP contribution in [0.2, 0.25) is 0 Å². The second-order valence-electron chi connectivity index (χ2n) is 6.97. The fourth-order valence-electron chi connectivity index (χ4n) is 3.32. The van der Waals surface area contributed by atoms with Gasteiger partial charge in [-0.25, -0.2) is 4.98 Å². The van der Waals surface area contributed by atoms with Crippen molar-refractivity contribution in [3.05, 3.63) is 36.3 Å². The lowest BCUT2D eigenvalue weighted by Crippen LogP contribution is -2.53. The lowest BCUT2D eigenvalue weighted by molar-refractivity contribution is -0.126. The molecular formula is C18H25N5O. The zero-order valence-corrected chi connectivity index (χ0v) is 14.2. The predicted octanol–water partition coefficient (Wildman–Crippen LogP) is 1.12. The van der Waals surface area contributed by atoms with E-state index in [2.05, 4.69) is 30.7 Å². The van der Waals surface area contributed by atoms with E-state index in [1.165, 1.54) is 0 Å². The minimum absolute atomic E-state index is 0.0251. The molecule has 4 rings (SSSR count). The molecule has 2 aromatic rings. The molecule has 0 spiro atoms. The first kappa shape index (κ1) is 15.6. The first-order valence-corrected chi connectivity index (χ1v) is 8.88. The number of hydrogen-bond donors (Lipinski definition) is 1. The van der Waals surface area contributed by atoms with Gasteiger partial charge in [-0.2, -0.15) is 0 Å².